The zero-order chi connectivity index (χ0) is 26.2. The monoisotopic (exact) mass is 527 g/mol. The maximum atomic E-state index is 5.30. The molecule has 40 heavy (non-hydrogen) atoms. The van der Waals surface area contributed by atoms with Crippen LogP contribution in [0.1, 0.15) is 0 Å². The molecule has 0 unspecified atom stereocenters. The molecule has 0 N–H and O–H groups in total. The van der Waals surface area contributed by atoms with Gasteiger partial charge in [0.25, 0.3) is 0 Å². The van der Waals surface area contributed by atoms with E-state index >= 15 is 0 Å². The van der Waals surface area contributed by atoms with Gasteiger partial charge in [-0.15, -0.1) is 11.3 Å². The van der Waals surface area contributed by atoms with Crippen molar-refractivity contribution in [3.05, 3.63) is 127 Å². The molecule has 3 aromatic heterocycles. The van der Waals surface area contributed by atoms with Crippen LogP contribution in [-0.2, 0) is 0 Å². The molecule has 3 heterocycles. The second kappa shape index (κ2) is 8.22. The van der Waals surface area contributed by atoms with Gasteiger partial charge in [0.1, 0.15) is 5.69 Å². The van der Waals surface area contributed by atoms with E-state index in [0.29, 0.717) is 0 Å². The molecule has 0 radical (unpaired) electrons. The zero-order valence-corrected chi connectivity index (χ0v) is 22.2. The van der Waals surface area contributed by atoms with Crippen LogP contribution in [0.4, 0.5) is 0 Å². The minimum absolute atomic E-state index is 0.848. The minimum Gasteiger partial charge on any atom is -0.292 e. The molecule has 0 spiro atoms. The molecule has 0 aliphatic heterocycles. The van der Waals surface area contributed by atoms with Crippen molar-refractivity contribution in [1.29, 1.82) is 0 Å². The van der Waals surface area contributed by atoms with E-state index in [0.717, 1.165) is 39.1 Å². The highest BCUT2D eigenvalue weighted by Crippen LogP contribution is 2.41. The molecule has 0 amide bonds. The van der Waals surface area contributed by atoms with Crippen molar-refractivity contribution in [2.24, 2.45) is 0 Å². The van der Waals surface area contributed by atoms with E-state index in [-0.39, 0.29) is 0 Å². The summed E-state index contributed by atoms with van der Waals surface area (Å²) in [4.78, 5) is 10.5. The van der Waals surface area contributed by atoms with Crippen LogP contribution in [0.25, 0.3) is 80.9 Å². The van der Waals surface area contributed by atoms with Gasteiger partial charge in [-0.05, 0) is 53.2 Å². The average molecular weight is 528 g/mol. The Morgan fingerprint density at radius 2 is 1.20 bits per heavy atom. The molecule has 0 saturated carbocycles. The van der Waals surface area contributed by atoms with Gasteiger partial charge in [0.2, 0.25) is 0 Å². The summed E-state index contributed by atoms with van der Waals surface area (Å²) in [5.74, 6) is 0.848. The Morgan fingerprint density at radius 1 is 0.475 bits per heavy atom. The van der Waals surface area contributed by atoms with Crippen molar-refractivity contribution in [3.8, 4) is 17.1 Å². The third kappa shape index (κ3) is 3.11. The van der Waals surface area contributed by atoms with E-state index in [1.165, 1.54) is 41.7 Å². The number of hydrogen-bond donors (Lipinski definition) is 0. The standard InChI is InChI=1S/C36H21N3S/c1-2-10-23-19-24(18-17-22(23)9-1)35-36(38-30-14-6-5-13-29(30)37-35)39-31-15-7-3-11-25(31)27-20-28-26-12-4-8-16-33(26)40-34(28)21-32(27)39/h1-21H. The summed E-state index contributed by atoms with van der Waals surface area (Å²) < 4.78 is 4.90. The predicted molar refractivity (Wildman–Crippen MR) is 170 cm³/mol. The number of rotatable bonds is 2. The van der Waals surface area contributed by atoms with E-state index < -0.39 is 0 Å². The number of hydrogen-bond acceptors (Lipinski definition) is 3. The SMILES string of the molecule is c1ccc2cc(-c3nc4ccccc4nc3-n3c4ccccc4c4cc5c(cc43)sc3ccccc35)ccc2c1. The highest BCUT2D eigenvalue weighted by Gasteiger charge is 2.20. The van der Waals surface area contributed by atoms with Crippen molar-refractivity contribution in [3.63, 3.8) is 0 Å². The van der Waals surface area contributed by atoms with E-state index in [1.54, 1.807) is 0 Å². The summed E-state index contributed by atoms with van der Waals surface area (Å²) in [7, 11) is 0. The van der Waals surface area contributed by atoms with Gasteiger partial charge in [-0.25, -0.2) is 9.97 Å². The summed E-state index contributed by atoms with van der Waals surface area (Å²) in [5.41, 5.74) is 5.99. The molecular formula is C36H21N3S. The molecule has 0 saturated heterocycles. The number of fused-ring (bicyclic) bond motifs is 8. The Kier molecular flexibility index (Phi) is 4.48. The van der Waals surface area contributed by atoms with Gasteiger partial charge in [0.05, 0.1) is 22.1 Å². The molecular weight excluding hydrogens is 506 g/mol. The molecule has 0 bridgehead atoms. The Bertz CT molecular complexity index is 2450. The molecule has 186 valence electrons. The fourth-order valence-corrected chi connectivity index (χ4v) is 7.21. The van der Waals surface area contributed by atoms with Gasteiger partial charge in [0.15, 0.2) is 5.82 Å². The number of thiophene rings is 1. The van der Waals surface area contributed by atoms with Gasteiger partial charge in [0, 0.05) is 36.5 Å². The first-order valence-electron chi connectivity index (χ1n) is 13.4. The molecule has 3 nitrogen and oxygen atoms in total. The Balaban J connectivity index is 1.43. The lowest BCUT2D eigenvalue weighted by Gasteiger charge is -2.14. The van der Waals surface area contributed by atoms with Crippen LogP contribution in [0.3, 0.4) is 0 Å². The highest BCUT2D eigenvalue weighted by atomic mass is 32.1. The van der Waals surface area contributed by atoms with Crippen LogP contribution in [-0.4, -0.2) is 14.5 Å². The van der Waals surface area contributed by atoms with Gasteiger partial charge >= 0.3 is 0 Å². The van der Waals surface area contributed by atoms with E-state index in [2.05, 4.69) is 108 Å². The van der Waals surface area contributed by atoms with Crippen LogP contribution in [0, 0.1) is 0 Å². The van der Waals surface area contributed by atoms with E-state index in [9.17, 15) is 0 Å². The fourth-order valence-electron chi connectivity index (χ4n) is 6.09. The quantitative estimate of drug-likeness (QED) is 0.224. The Morgan fingerprint density at radius 3 is 2.10 bits per heavy atom. The van der Waals surface area contributed by atoms with E-state index in [4.69, 9.17) is 9.97 Å². The van der Waals surface area contributed by atoms with Crippen molar-refractivity contribution in [2.75, 3.05) is 0 Å². The van der Waals surface area contributed by atoms with Crippen molar-refractivity contribution in [2.45, 2.75) is 0 Å². The lowest BCUT2D eigenvalue weighted by Crippen LogP contribution is -2.03. The van der Waals surface area contributed by atoms with Crippen LogP contribution < -0.4 is 0 Å². The number of para-hydroxylation sites is 3. The van der Waals surface area contributed by atoms with Crippen molar-refractivity contribution < 1.29 is 0 Å². The topological polar surface area (TPSA) is 30.7 Å². The third-order valence-corrected chi connectivity index (χ3v) is 9.09. The molecule has 0 atom stereocenters. The van der Waals surface area contributed by atoms with Gasteiger partial charge in [-0.2, -0.15) is 0 Å². The summed E-state index contributed by atoms with van der Waals surface area (Å²) in [6.45, 7) is 0. The first-order chi connectivity index (χ1) is 19.8. The molecule has 4 heteroatoms. The van der Waals surface area contributed by atoms with Crippen LogP contribution >= 0.6 is 11.3 Å². The van der Waals surface area contributed by atoms with Crippen LogP contribution in [0.2, 0.25) is 0 Å². The third-order valence-electron chi connectivity index (χ3n) is 7.96. The zero-order valence-electron chi connectivity index (χ0n) is 21.4. The predicted octanol–water partition coefficient (Wildman–Crippen LogP) is 9.91. The molecule has 0 fully saturated rings. The van der Waals surface area contributed by atoms with Gasteiger partial charge < -0.3 is 0 Å². The minimum atomic E-state index is 0.848. The second-order valence-electron chi connectivity index (χ2n) is 10.3. The molecule has 0 aliphatic carbocycles. The largest absolute Gasteiger partial charge is 0.292 e. The maximum Gasteiger partial charge on any atom is 0.165 e. The van der Waals surface area contributed by atoms with Crippen LogP contribution in [0.15, 0.2) is 127 Å². The van der Waals surface area contributed by atoms with Gasteiger partial charge in [-0.3, -0.25) is 4.57 Å². The Labute approximate surface area is 233 Å². The highest BCUT2D eigenvalue weighted by molar-refractivity contribution is 7.25. The van der Waals surface area contributed by atoms with Crippen molar-refractivity contribution >= 4 is 75.1 Å². The smallest absolute Gasteiger partial charge is 0.165 e. The number of aromatic nitrogens is 3. The second-order valence-corrected chi connectivity index (χ2v) is 11.3. The van der Waals surface area contributed by atoms with E-state index in [1.807, 2.05) is 35.6 Å². The average Bonchev–Trinajstić information content (AvgIpc) is 3.54. The van der Waals surface area contributed by atoms with Gasteiger partial charge in [-0.1, -0.05) is 84.9 Å². The lowest BCUT2D eigenvalue weighted by molar-refractivity contribution is 1.08. The first kappa shape index (κ1) is 21.8. The first-order valence-corrected chi connectivity index (χ1v) is 14.2. The maximum absolute atomic E-state index is 5.30. The molecule has 6 aromatic carbocycles. The molecule has 9 rings (SSSR count). The number of benzene rings is 6. The summed E-state index contributed by atoms with van der Waals surface area (Å²) in [6, 6.07) is 45.3. The number of nitrogens with zero attached hydrogens (tertiary/aromatic N) is 3. The summed E-state index contributed by atoms with van der Waals surface area (Å²) in [5, 5.41) is 7.46. The Hall–Kier alpha value is -5.06. The van der Waals surface area contributed by atoms with Crippen LogP contribution in [0.5, 0.6) is 0 Å². The summed E-state index contributed by atoms with van der Waals surface area (Å²) >= 11 is 1.85. The van der Waals surface area contributed by atoms with Crippen molar-refractivity contribution in [1.82, 2.24) is 14.5 Å². The fraction of sp³-hybridized carbons (Fsp3) is 0. The lowest BCUT2D eigenvalue weighted by atomic mass is 10.0. The normalized spacial score (nSPS) is 12.0. The summed E-state index contributed by atoms with van der Waals surface area (Å²) in [6.07, 6.45) is 0. The molecule has 0 aliphatic rings. The molecule has 9 aromatic rings.